The van der Waals surface area contributed by atoms with E-state index in [1.807, 2.05) is 18.3 Å². The van der Waals surface area contributed by atoms with Crippen LogP contribution in [0.1, 0.15) is 31.0 Å². The summed E-state index contributed by atoms with van der Waals surface area (Å²) in [6, 6.07) is 10.6. The monoisotopic (exact) mass is 280 g/mol. The van der Waals surface area contributed by atoms with E-state index in [0.717, 1.165) is 5.56 Å². The number of fused-ring (bicyclic) bond motifs is 1. The smallest absolute Gasteiger partial charge is 0.212 e. The Morgan fingerprint density at radius 1 is 1.14 bits per heavy atom. The molecule has 0 aliphatic carbocycles. The van der Waals surface area contributed by atoms with E-state index in [4.69, 9.17) is 4.74 Å². The van der Waals surface area contributed by atoms with Gasteiger partial charge >= 0.3 is 0 Å². The molecule has 1 aromatic carbocycles. The van der Waals surface area contributed by atoms with Crippen LogP contribution in [0, 0.1) is 6.92 Å². The maximum absolute atomic E-state index is 5.12. The maximum atomic E-state index is 5.12. The van der Waals surface area contributed by atoms with E-state index in [1.165, 1.54) is 27.7 Å². The molecule has 0 aliphatic heterocycles. The van der Waals surface area contributed by atoms with Gasteiger partial charge in [-0.1, -0.05) is 13.8 Å². The Morgan fingerprint density at radius 3 is 2.57 bits per heavy atom. The van der Waals surface area contributed by atoms with Crippen molar-refractivity contribution in [2.24, 2.45) is 0 Å². The summed E-state index contributed by atoms with van der Waals surface area (Å²) < 4.78 is 5.12. The molecule has 0 fully saturated rings. The number of aromatic nitrogens is 2. The van der Waals surface area contributed by atoms with Crippen LogP contribution in [0.15, 0.2) is 36.5 Å². The zero-order chi connectivity index (χ0) is 15.0. The minimum absolute atomic E-state index is 0.504. The van der Waals surface area contributed by atoms with E-state index >= 15 is 0 Å². The van der Waals surface area contributed by atoms with Crippen LogP contribution in [0.5, 0.6) is 5.88 Å². The van der Waals surface area contributed by atoms with Crippen molar-refractivity contribution in [1.29, 1.82) is 0 Å². The number of hydrogen-bond acceptors (Lipinski definition) is 2. The van der Waals surface area contributed by atoms with Crippen LogP contribution in [0.4, 0.5) is 0 Å². The molecule has 3 rings (SSSR count). The number of benzene rings is 1. The van der Waals surface area contributed by atoms with Gasteiger partial charge in [0.2, 0.25) is 5.88 Å². The quantitative estimate of drug-likeness (QED) is 0.757. The summed E-state index contributed by atoms with van der Waals surface area (Å²) in [6.07, 6.45) is 1.86. The molecule has 3 nitrogen and oxygen atoms in total. The Balaban J connectivity index is 2.10. The molecule has 0 saturated carbocycles. The molecule has 0 saturated heterocycles. The van der Waals surface area contributed by atoms with Crippen molar-refractivity contribution in [2.75, 3.05) is 7.11 Å². The fourth-order valence-corrected chi connectivity index (χ4v) is 2.60. The third-order valence-corrected chi connectivity index (χ3v) is 3.87. The molecule has 0 atom stereocenters. The SMILES string of the molecule is COc1ccc(-c2cc3[nH]c(C(C)C)cc3cc2C)cn1. The van der Waals surface area contributed by atoms with Crippen LogP contribution in [0.3, 0.4) is 0 Å². The highest BCUT2D eigenvalue weighted by Crippen LogP contribution is 2.30. The van der Waals surface area contributed by atoms with Crippen molar-refractivity contribution in [3.63, 3.8) is 0 Å². The van der Waals surface area contributed by atoms with E-state index < -0.39 is 0 Å². The van der Waals surface area contributed by atoms with Crippen molar-refractivity contribution in [3.05, 3.63) is 47.8 Å². The average molecular weight is 280 g/mol. The molecule has 0 spiro atoms. The molecule has 0 amide bonds. The second-order valence-corrected chi connectivity index (χ2v) is 5.72. The summed E-state index contributed by atoms with van der Waals surface area (Å²) in [6.45, 7) is 6.54. The van der Waals surface area contributed by atoms with Gasteiger partial charge in [0.1, 0.15) is 0 Å². The van der Waals surface area contributed by atoms with Crippen LogP contribution in [-0.4, -0.2) is 17.1 Å². The highest BCUT2D eigenvalue weighted by atomic mass is 16.5. The highest BCUT2D eigenvalue weighted by Gasteiger charge is 2.09. The van der Waals surface area contributed by atoms with Crippen LogP contribution in [-0.2, 0) is 0 Å². The average Bonchev–Trinajstić information content (AvgIpc) is 2.89. The first kappa shape index (κ1) is 13.7. The molecular formula is C18H20N2O. The van der Waals surface area contributed by atoms with Gasteiger partial charge in [-0.2, -0.15) is 0 Å². The summed E-state index contributed by atoms with van der Waals surface area (Å²) in [5.74, 6) is 1.14. The number of methoxy groups -OCH3 is 1. The van der Waals surface area contributed by atoms with Crippen LogP contribution >= 0.6 is 0 Å². The summed E-state index contributed by atoms with van der Waals surface area (Å²) in [5.41, 5.74) is 6.01. The van der Waals surface area contributed by atoms with E-state index in [1.54, 1.807) is 7.11 Å². The molecule has 0 aliphatic rings. The first-order valence-corrected chi connectivity index (χ1v) is 7.22. The van der Waals surface area contributed by atoms with E-state index in [-0.39, 0.29) is 0 Å². The molecule has 108 valence electrons. The largest absolute Gasteiger partial charge is 0.481 e. The van der Waals surface area contributed by atoms with Gasteiger partial charge in [-0.15, -0.1) is 0 Å². The molecule has 21 heavy (non-hydrogen) atoms. The van der Waals surface area contributed by atoms with Crippen molar-refractivity contribution in [3.8, 4) is 17.0 Å². The first-order chi connectivity index (χ1) is 10.1. The second kappa shape index (κ2) is 5.24. The minimum Gasteiger partial charge on any atom is -0.481 e. The Morgan fingerprint density at radius 2 is 1.95 bits per heavy atom. The van der Waals surface area contributed by atoms with E-state index in [0.29, 0.717) is 11.8 Å². The maximum Gasteiger partial charge on any atom is 0.212 e. The van der Waals surface area contributed by atoms with E-state index in [9.17, 15) is 0 Å². The molecule has 2 heterocycles. The number of pyridine rings is 1. The Labute approximate surface area is 125 Å². The first-order valence-electron chi connectivity index (χ1n) is 7.22. The Bertz CT molecular complexity index is 770. The zero-order valence-corrected chi connectivity index (χ0v) is 12.9. The molecule has 2 aromatic heterocycles. The summed E-state index contributed by atoms with van der Waals surface area (Å²) in [7, 11) is 1.63. The van der Waals surface area contributed by atoms with Crippen LogP contribution < -0.4 is 4.74 Å². The van der Waals surface area contributed by atoms with Gasteiger partial charge in [0.25, 0.3) is 0 Å². The molecule has 3 heteroatoms. The number of ether oxygens (including phenoxy) is 1. The number of aromatic amines is 1. The standard InChI is InChI=1S/C18H20N2O/c1-11(2)16-8-14-7-12(3)15(9-17(14)20-16)13-5-6-18(21-4)19-10-13/h5-11,20H,1-4H3. The lowest BCUT2D eigenvalue weighted by Crippen LogP contribution is -1.89. The van der Waals surface area contributed by atoms with Crippen molar-refractivity contribution in [1.82, 2.24) is 9.97 Å². The molecule has 0 bridgehead atoms. The molecule has 1 N–H and O–H groups in total. The summed E-state index contributed by atoms with van der Waals surface area (Å²) in [4.78, 5) is 7.81. The van der Waals surface area contributed by atoms with E-state index in [2.05, 4.69) is 48.9 Å². The summed E-state index contributed by atoms with van der Waals surface area (Å²) in [5, 5.41) is 1.27. The topological polar surface area (TPSA) is 37.9 Å². The normalized spacial score (nSPS) is 11.3. The number of aryl methyl sites for hydroxylation is 1. The fraction of sp³-hybridized carbons (Fsp3) is 0.278. The number of rotatable bonds is 3. The third kappa shape index (κ3) is 2.51. The van der Waals surface area contributed by atoms with Gasteiger partial charge in [-0.05, 0) is 53.6 Å². The lowest BCUT2D eigenvalue weighted by Gasteiger charge is -2.07. The summed E-state index contributed by atoms with van der Waals surface area (Å²) >= 11 is 0. The highest BCUT2D eigenvalue weighted by molar-refractivity contribution is 5.87. The van der Waals surface area contributed by atoms with Gasteiger partial charge in [0.05, 0.1) is 7.11 Å². The van der Waals surface area contributed by atoms with Crippen LogP contribution in [0.25, 0.3) is 22.0 Å². The Kier molecular flexibility index (Phi) is 3.42. The van der Waals surface area contributed by atoms with Crippen molar-refractivity contribution < 1.29 is 4.74 Å². The van der Waals surface area contributed by atoms with Crippen molar-refractivity contribution >= 4 is 10.9 Å². The van der Waals surface area contributed by atoms with Gasteiger partial charge < -0.3 is 9.72 Å². The Hall–Kier alpha value is -2.29. The third-order valence-electron chi connectivity index (χ3n) is 3.87. The number of hydrogen-bond donors (Lipinski definition) is 1. The zero-order valence-electron chi connectivity index (χ0n) is 12.9. The predicted molar refractivity (Wildman–Crippen MR) is 86.9 cm³/mol. The number of nitrogens with zero attached hydrogens (tertiary/aromatic N) is 1. The lowest BCUT2D eigenvalue weighted by atomic mass is 10.0. The molecular weight excluding hydrogens is 260 g/mol. The number of H-pyrrole nitrogens is 1. The van der Waals surface area contributed by atoms with Gasteiger partial charge in [-0.25, -0.2) is 4.98 Å². The molecule has 3 aromatic rings. The number of nitrogens with one attached hydrogen (secondary N) is 1. The molecule has 0 radical (unpaired) electrons. The van der Waals surface area contributed by atoms with Gasteiger partial charge in [0, 0.05) is 29.0 Å². The fourth-order valence-electron chi connectivity index (χ4n) is 2.60. The predicted octanol–water partition coefficient (Wildman–Crippen LogP) is 4.67. The molecule has 0 unspecified atom stereocenters. The van der Waals surface area contributed by atoms with Gasteiger partial charge in [0.15, 0.2) is 0 Å². The lowest BCUT2D eigenvalue weighted by molar-refractivity contribution is 0.398. The minimum atomic E-state index is 0.504. The second-order valence-electron chi connectivity index (χ2n) is 5.72. The van der Waals surface area contributed by atoms with Gasteiger partial charge in [-0.3, -0.25) is 0 Å². The van der Waals surface area contributed by atoms with Crippen LogP contribution in [0.2, 0.25) is 0 Å². The van der Waals surface area contributed by atoms with Crippen molar-refractivity contribution in [2.45, 2.75) is 26.7 Å².